The Bertz CT molecular complexity index is 2700. The minimum atomic E-state index is -4.52. The molecule has 1 spiro atoms. The molecular formula is C74H120ClF3N12O. The molecule has 12 atom stereocenters. The van der Waals surface area contributed by atoms with Crippen LogP contribution in [0, 0.1) is 30.6 Å². The van der Waals surface area contributed by atoms with Crippen LogP contribution in [0.3, 0.4) is 0 Å². The highest BCUT2D eigenvalue weighted by Crippen LogP contribution is 2.42. The van der Waals surface area contributed by atoms with Crippen LogP contribution in [0.5, 0.6) is 0 Å². The number of hydrogen-bond donors (Lipinski definition) is 6. The molecule has 5 aliphatic rings. The molecule has 17 heteroatoms. The van der Waals surface area contributed by atoms with Gasteiger partial charge < -0.3 is 51.5 Å². The average Bonchev–Trinajstić information content (AvgIpc) is 1.03. The molecule has 1 amide bonds. The van der Waals surface area contributed by atoms with E-state index >= 15 is 0 Å². The Labute approximate surface area is 553 Å². The van der Waals surface area contributed by atoms with Crippen LogP contribution in [0.2, 0.25) is 5.02 Å². The smallest absolute Gasteiger partial charge is 0.369 e. The highest BCUT2D eigenvalue weighted by atomic mass is 35.5. The Balaban J connectivity index is 1.21. The van der Waals surface area contributed by atoms with Gasteiger partial charge in [-0.1, -0.05) is 115 Å². The summed E-state index contributed by atoms with van der Waals surface area (Å²) in [7, 11) is 4.21. The van der Waals surface area contributed by atoms with E-state index in [1.165, 1.54) is 48.2 Å². The first kappa shape index (κ1) is 74.0. The van der Waals surface area contributed by atoms with E-state index in [9.17, 15) is 18.0 Å². The van der Waals surface area contributed by atoms with Crippen molar-refractivity contribution in [3.63, 3.8) is 0 Å². The van der Waals surface area contributed by atoms with Crippen molar-refractivity contribution in [3.8, 4) is 0 Å². The Morgan fingerprint density at radius 2 is 1.51 bits per heavy atom. The van der Waals surface area contributed by atoms with Gasteiger partial charge in [-0.15, -0.1) is 0 Å². The molecule has 0 radical (unpaired) electrons. The Morgan fingerprint density at radius 3 is 2.18 bits per heavy atom. The quantitative estimate of drug-likeness (QED) is 0.122. The van der Waals surface area contributed by atoms with E-state index in [1.807, 2.05) is 31.7 Å². The monoisotopic (exact) mass is 1280 g/mol. The number of halogens is 4. The van der Waals surface area contributed by atoms with Crippen molar-refractivity contribution in [2.75, 3.05) is 66.5 Å². The zero-order chi connectivity index (χ0) is 66.0. The van der Waals surface area contributed by atoms with Crippen molar-refractivity contribution >= 4 is 23.7 Å². The summed E-state index contributed by atoms with van der Waals surface area (Å²) in [5.41, 5.74) is 5.62. The molecule has 13 nitrogen and oxygen atoms in total. The fraction of sp³-hybridized carbons (Fsp3) is 0.703. The lowest BCUT2D eigenvalue weighted by molar-refractivity contribution is -0.162. The summed E-state index contributed by atoms with van der Waals surface area (Å²) in [4.78, 5) is 31.7. The predicted molar refractivity (Wildman–Crippen MR) is 374 cm³/mol. The number of likely N-dealkylation sites (tertiary alicyclic amines) is 1. The molecule has 2 aromatic carbocycles. The first-order valence-electron chi connectivity index (χ1n) is 35.4. The van der Waals surface area contributed by atoms with E-state index in [4.69, 9.17) is 16.6 Å². The summed E-state index contributed by atoms with van der Waals surface area (Å²) in [5.74, 6) is 1.67. The number of carbonyl (C=O) groups excluding carboxylic acids is 1. The maximum atomic E-state index is 14.9. The molecular weight excluding hydrogens is 1170 g/mol. The molecule has 4 aliphatic heterocycles. The van der Waals surface area contributed by atoms with Crippen LogP contribution in [-0.4, -0.2) is 163 Å². The molecule has 0 aromatic heterocycles. The van der Waals surface area contributed by atoms with Crippen LogP contribution in [0.25, 0.3) is 0 Å². The maximum absolute atomic E-state index is 14.9. The second-order valence-electron chi connectivity index (χ2n) is 28.7. The van der Waals surface area contributed by atoms with Gasteiger partial charge in [0, 0.05) is 174 Å². The second-order valence-corrected chi connectivity index (χ2v) is 29.1. The topological polar surface area (TPSA) is 118 Å². The van der Waals surface area contributed by atoms with Crippen molar-refractivity contribution in [2.45, 2.75) is 245 Å². The van der Waals surface area contributed by atoms with Crippen molar-refractivity contribution in [3.05, 3.63) is 118 Å². The number of piperidine rings is 1. The molecule has 4 heterocycles. The van der Waals surface area contributed by atoms with Gasteiger partial charge in [0.05, 0.1) is 23.0 Å². The highest BCUT2D eigenvalue weighted by molar-refractivity contribution is 6.31. The van der Waals surface area contributed by atoms with Gasteiger partial charge in [-0.2, -0.15) is 13.2 Å². The van der Waals surface area contributed by atoms with Gasteiger partial charge in [0.25, 0.3) is 0 Å². The number of aryl methyl sites for hydroxylation is 2. The summed E-state index contributed by atoms with van der Waals surface area (Å²) >= 11 is 6.21. The Kier molecular flexibility index (Phi) is 28.7. The van der Waals surface area contributed by atoms with Crippen molar-refractivity contribution < 1.29 is 18.0 Å². The van der Waals surface area contributed by atoms with Gasteiger partial charge in [-0.05, 0) is 153 Å². The Hall–Kier alpha value is -4.42. The van der Waals surface area contributed by atoms with Gasteiger partial charge in [-0.25, -0.2) is 0 Å². The zero-order valence-electron chi connectivity index (χ0n) is 58.4. The number of aliphatic imine (C=N–C) groups is 1. The molecule has 0 bridgehead atoms. The number of likely N-dealkylation sites (N-methyl/N-ethyl adjacent to an activating group) is 1. The molecule has 4 fully saturated rings. The molecule has 510 valence electrons. The number of benzene rings is 2. The number of nitrogens with one attached hydrogen (secondary N) is 6. The third kappa shape index (κ3) is 21.0. The largest absolute Gasteiger partial charge is 0.417 e. The number of hydrogen-bond acceptors (Lipinski definition) is 12. The van der Waals surface area contributed by atoms with Gasteiger partial charge in [-0.3, -0.25) is 14.7 Å². The summed E-state index contributed by atoms with van der Waals surface area (Å²) in [6.07, 6.45) is 22.7. The van der Waals surface area contributed by atoms with E-state index in [1.54, 1.807) is 0 Å². The molecule has 5 unspecified atom stereocenters. The lowest BCUT2D eigenvalue weighted by Crippen LogP contribution is -2.76. The van der Waals surface area contributed by atoms with E-state index in [2.05, 4.69) is 183 Å². The van der Waals surface area contributed by atoms with Gasteiger partial charge in [0.2, 0.25) is 5.91 Å². The van der Waals surface area contributed by atoms with E-state index < -0.39 is 11.7 Å². The van der Waals surface area contributed by atoms with Gasteiger partial charge in [0.1, 0.15) is 0 Å². The zero-order valence-corrected chi connectivity index (χ0v) is 59.1. The van der Waals surface area contributed by atoms with Crippen molar-refractivity contribution in [1.29, 1.82) is 0 Å². The molecule has 6 N–H and O–H groups in total. The summed E-state index contributed by atoms with van der Waals surface area (Å²) in [6.45, 7) is 34.7. The standard InChI is InChI=1S/C74H120ClF3N12O/c1-15-53(6)68-46-83-67(43-51(3)4)56(9)82-47-69-70(72(91)88-39-20-17-21-40-88)59(12)90(69)71(54(7)16-2)57(10)85-73(33-18-19-34-73)50-80-37-36-79-35-32-62(30-28-61-29-31-65(66(75)45-61)74(76,77)78)81-38-42-86(13)48-64(44-60-26-24-52(5)25-27-60)87(14)49-63-23-22-41-89(63)58(11)55(8)84-68/h24-27,29,31-32,35,38,42,45,48-49,51,53-59,67-71,80-85H,15-23,28,30,33-34,36-37,39-41,43-44,46-47,50H2,1-14H3/t53-,54-,55?,56?,57?,58-,59?,67-,68+,69?,70-,71-/m0/s1. The van der Waals surface area contributed by atoms with Crippen molar-refractivity contribution in [1.82, 2.24) is 56.4 Å². The molecule has 7 rings (SSSR count). The highest BCUT2D eigenvalue weighted by Gasteiger charge is 2.55. The summed E-state index contributed by atoms with van der Waals surface area (Å²) < 4.78 is 41.1. The summed E-state index contributed by atoms with van der Waals surface area (Å²) in [5, 5.41) is 23.9. The van der Waals surface area contributed by atoms with Crippen LogP contribution < -0.4 is 31.9 Å². The number of carbonyl (C=O) groups is 1. The summed E-state index contributed by atoms with van der Waals surface area (Å²) in [6, 6.07) is 14.6. The predicted octanol–water partition coefficient (Wildman–Crippen LogP) is 13.3. The normalized spacial score (nSPS) is 28.7. The minimum Gasteiger partial charge on any atom is -0.369 e. The van der Waals surface area contributed by atoms with Crippen LogP contribution in [0.1, 0.15) is 182 Å². The first-order chi connectivity index (χ1) is 43.4. The second kappa shape index (κ2) is 35.4. The van der Waals surface area contributed by atoms with Crippen LogP contribution >= 0.6 is 11.6 Å². The number of alkyl halides is 3. The van der Waals surface area contributed by atoms with E-state index in [0.717, 1.165) is 127 Å². The number of allylic oxidation sites excluding steroid dienone is 4. The maximum Gasteiger partial charge on any atom is 0.417 e. The van der Waals surface area contributed by atoms with Crippen LogP contribution in [-0.2, 0) is 23.8 Å². The number of nitrogens with zero attached hydrogens (tertiary/aromatic N) is 6. The number of fused-ring (bicyclic) bond motifs is 2. The first-order valence-corrected chi connectivity index (χ1v) is 35.7. The van der Waals surface area contributed by atoms with E-state index in [0.29, 0.717) is 49.6 Å². The van der Waals surface area contributed by atoms with Crippen molar-refractivity contribution in [2.24, 2.45) is 28.7 Å². The number of amides is 1. The molecule has 1 saturated carbocycles. The third-order valence-corrected chi connectivity index (χ3v) is 21.5. The van der Waals surface area contributed by atoms with Crippen LogP contribution in [0.15, 0.2) is 95.4 Å². The fourth-order valence-corrected chi connectivity index (χ4v) is 15.5. The number of rotatable bonds is 12. The SMILES string of the molecule is CC[C@H](C)[C@H]1C(C)NC2(CCCC2)CNCCN=CC=C(CCc2ccc(C(F)(F)F)c(Cl)c2)NC=CN(C)C=C(Cc2ccc(C)cc2)N(C)C=C2CCCN2[C@@H](C)C(C)N[C@@H]([C@@H](C)CC)CN[C@@H](CC(C)C)C(C)NCC2[C@@H](C(=O)N3CCCCC3)C(C)N21. The molecule has 1 aliphatic carbocycles. The lowest BCUT2D eigenvalue weighted by atomic mass is 9.74. The fourth-order valence-electron chi connectivity index (χ4n) is 15.2. The molecule has 3 saturated heterocycles. The minimum absolute atomic E-state index is 0.0588. The van der Waals surface area contributed by atoms with Crippen LogP contribution in [0.4, 0.5) is 13.2 Å². The van der Waals surface area contributed by atoms with Gasteiger partial charge in [0.15, 0.2) is 0 Å². The Morgan fingerprint density at radius 1 is 0.802 bits per heavy atom. The average molecular weight is 1290 g/mol. The molecule has 2 aromatic rings. The van der Waals surface area contributed by atoms with Gasteiger partial charge >= 0.3 is 6.18 Å². The molecule has 91 heavy (non-hydrogen) atoms. The third-order valence-electron chi connectivity index (χ3n) is 21.2. The van der Waals surface area contributed by atoms with E-state index in [-0.39, 0.29) is 70.9 Å². The lowest BCUT2D eigenvalue weighted by Gasteiger charge is -2.60.